The standard InChI is InChI=1S/C17H17ClN6O/c1-23-10-15(21-22-23)17(25)24-6-4-11(5-7-24)14-3-2-12-8-13(18)9-19-16(12)20-14/h2-3,8-11H,4-7H2,1H3. The van der Waals surface area contributed by atoms with E-state index in [9.17, 15) is 4.79 Å². The number of fused-ring (bicyclic) bond motifs is 1. The number of carbonyl (C=O) groups is 1. The van der Waals surface area contributed by atoms with Crippen LogP contribution in [0.25, 0.3) is 11.0 Å². The van der Waals surface area contributed by atoms with Crippen LogP contribution in [0, 0.1) is 0 Å². The summed E-state index contributed by atoms with van der Waals surface area (Å²) in [6.45, 7) is 1.38. The molecular formula is C17H17ClN6O. The molecule has 25 heavy (non-hydrogen) atoms. The molecule has 1 aliphatic heterocycles. The van der Waals surface area contributed by atoms with Crippen LogP contribution in [0.4, 0.5) is 0 Å². The van der Waals surface area contributed by atoms with E-state index in [1.807, 2.05) is 23.1 Å². The fourth-order valence-electron chi connectivity index (χ4n) is 3.21. The maximum absolute atomic E-state index is 12.4. The van der Waals surface area contributed by atoms with Crippen LogP contribution < -0.4 is 0 Å². The number of halogens is 1. The second-order valence-corrected chi connectivity index (χ2v) is 6.72. The quantitative estimate of drug-likeness (QED) is 0.704. The minimum absolute atomic E-state index is 0.0608. The minimum Gasteiger partial charge on any atom is -0.337 e. The first-order chi connectivity index (χ1) is 12.1. The van der Waals surface area contributed by atoms with E-state index in [1.54, 1.807) is 19.4 Å². The van der Waals surface area contributed by atoms with Crippen molar-refractivity contribution in [3.8, 4) is 0 Å². The number of hydrogen-bond acceptors (Lipinski definition) is 5. The van der Waals surface area contributed by atoms with Gasteiger partial charge in [0.15, 0.2) is 11.3 Å². The molecule has 0 N–H and O–H groups in total. The topological polar surface area (TPSA) is 76.8 Å². The van der Waals surface area contributed by atoms with E-state index < -0.39 is 0 Å². The van der Waals surface area contributed by atoms with Crippen molar-refractivity contribution in [2.45, 2.75) is 18.8 Å². The number of pyridine rings is 2. The first-order valence-electron chi connectivity index (χ1n) is 8.18. The molecule has 0 radical (unpaired) electrons. The molecule has 1 saturated heterocycles. The summed E-state index contributed by atoms with van der Waals surface area (Å²) >= 11 is 5.97. The number of likely N-dealkylation sites (tertiary alicyclic amines) is 1. The zero-order valence-corrected chi connectivity index (χ0v) is 14.5. The lowest BCUT2D eigenvalue weighted by Gasteiger charge is -2.31. The number of carbonyl (C=O) groups excluding carboxylic acids is 1. The van der Waals surface area contributed by atoms with Crippen molar-refractivity contribution < 1.29 is 4.79 Å². The molecule has 4 heterocycles. The summed E-state index contributed by atoms with van der Waals surface area (Å²) in [6.07, 6.45) is 5.01. The Morgan fingerprint density at radius 2 is 2.08 bits per heavy atom. The summed E-state index contributed by atoms with van der Waals surface area (Å²) in [5, 5.41) is 9.27. The smallest absolute Gasteiger partial charge is 0.276 e. The Morgan fingerprint density at radius 3 is 2.80 bits per heavy atom. The van der Waals surface area contributed by atoms with Gasteiger partial charge in [-0.1, -0.05) is 16.8 Å². The van der Waals surface area contributed by atoms with Gasteiger partial charge in [0.25, 0.3) is 5.91 Å². The highest BCUT2D eigenvalue weighted by atomic mass is 35.5. The second-order valence-electron chi connectivity index (χ2n) is 6.28. The highest BCUT2D eigenvalue weighted by Crippen LogP contribution is 2.28. The zero-order chi connectivity index (χ0) is 17.4. The Balaban J connectivity index is 1.46. The van der Waals surface area contributed by atoms with Crippen molar-refractivity contribution in [3.63, 3.8) is 0 Å². The van der Waals surface area contributed by atoms with Gasteiger partial charge in [0.1, 0.15) is 0 Å². The van der Waals surface area contributed by atoms with Crippen molar-refractivity contribution in [1.29, 1.82) is 0 Å². The number of aromatic nitrogens is 5. The minimum atomic E-state index is -0.0608. The molecule has 0 unspecified atom stereocenters. The van der Waals surface area contributed by atoms with Crippen molar-refractivity contribution in [1.82, 2.24) is 29.9 Å². The van der Waals surface area contributed by atoms with Crippen LogP contribution >= 0.6 is 11.6 Å². The van der Waals surface area contributed by atoms with E-state index in [0.717, 1.165) is 23.9 Å². The Bertz CT molecular complexity index is 932. The number of nitrogens with zero attached hydrogens (tertiary/aromatic N) is 6. The molecule has 0 aliphatic carbocycles. The summed E-state index contributed by atoms with van der Waals surface area (Å²) in [5.74, 6) is 0.266. The lowest BCUT2D eigenvalue weighted by molar-refractivity contribution is 0.0706. The summed E-state index contributed by atoms with van der Waals surface area (Å²) in [4.78, 5) is 23.2. The molecule has 0 saturated carbocycles. The van der Waals surface area contributed by atoms with Crippen molar-refractivity contribution >= 4 is 28.5 Å². The van der Waals surface area contributed by atoms with Crippen LogP contribution in [0.5, 0.6) is 0 Å². The molecule has 3 aromatic heterocycles. The van der Waals surface area contributed by atoms with Gasteiger partial charge in [-0.15, -0.1) is 5.10 Å². The van der Waals surface area contributed by atoms with Crippen LogP contribution in [0.15, 0.2) is 30.6 Å². The van der Waals surface area contributed by atoms with E-state index in [4.69, 9.17) is 11.6 Å². The maximum Gasteiger partial charge on any atom is 0.276 e. The molecule has 1 fully saturated rings. The summed E-state index contributed by atoms with van der Waals surface area (Å²) in [7, 11) is 1.75. The molecule has 1 aliphatic rings. The Kier molecular flexibility index (Phi) is 4.09. The third-order valence-electron chi connectivity index (χ3n) is 4.55. The SMILES string of the molecule is Cn1cc(C(=O)N2CCC(c3ccc4cc(Cl)cnc4n3)CC2)nn1. The van der Waals surface area contributed by atoms with Crippen LogP contribution in [-0.4, -0.2) is 48.9 Å². The number of amides is 1. The molecule has 0 bridgehead atoms. The number of piperidine rings is 1. The van der Waals surface area contributed by atoms with Crippen molar-refractivity contribution in [3.05, 3.63) is 47.0 Å². The predicted octanol–water partition coefficient (Wildman–Crippen LogP) is 2.43. The monoisotopic (exact) mass is 356 g/mol. The van der Waals surface area contributed by atoms with Crippen molar-refractivity contribution in [2.75, 3.05) is 13.1 Å². The van der Waals surface area contributed by atoms with Gasteiger partial charge in [-0.25, -0.2) is 9.97 Å². The summed E-state index contributed by atoms with van der Waals surface area (Å²) < 4.78 is 1.54. The summed E-state index contributed by atoms with van der Waals surface area (Å²) in [5.41, 5.74) is 2.12. The van der Waals surface area contributed by atoms with E-state index in [-0.39, 0.29) is 5.91 Å². The van der Waals surface area contributed by atoms with E-state index >= 15 is 0 Å². The molecule has 0 spiro atoms. The highest BCUT2D eigenvalue weighted by molar-refractivity contribution is 6.31. The van der Waals surface area contributed by atoms with Crippen LogP contribution in [0.3, 0.4) is 0 Å². The molecule has 3 aromatic rings. The number of hydrogen-bond donors (Lipinski definition) is 0. The first kappa shape index (κ1) is 16.0. The Morgan fingerprint density at radius 1 is 1.28 bits per heavy atom. The molecular weight excluding hydrogens is 340 g/mol. The average molecular weight is 357 g/mol. The normalized spacial score (nSPS) is 15.7. The van der Waals surface area contributed by atoms with E-state index in [2.05, 4.69) is 20.3 Å². The van der Waals surface area contributed by atoms with Gasteiger partial charge in [-0.3, -0.25) is 9.48 Å². The fourth-order valence-corrected chi connectivity index (χ4v) is 3.38. The van der Waals surface area contributed by atoms with Gasteiger partial charge < -0.3 is 4.90 Å². The molecule has 4 rings (SSSR count). The van der Waals surface area contributed by atoms with Crippen LogP contribution in [0.2, 0.25) is 5.02 Å². The lowest BCUT2D eigenvalue weighted by Crippen LogP contribution is -2.38. The number of aryl methyl sites for hydroxylation is 1. The predicted molar refractivity (Wildman–Crippen MR) is 93.4 cm³/mol. The Hall–Kier alpha value is -2.54. The Labute approximate surface area is 149 Å². The fraction of sp³-hybridized carbons (Fsp3) is 0.353. The molecule has 0 atom stereocenters. The summed E-state index contributed by atoms with van der Waals surface area (Å²) in [6, 6.07) is 5.90. The average Bonchev–Trinajstić information content (AvgIpc) is 3.07. The van der Waals surface area contributed by atoms with Gasteiger partial charge in [0.05, 0.1) is 11.2 Å². The molecule has 8 heteroatoms. The molecule has 7 nitrogen and oxygen atoms in total. The lowest BCUT2D eigenvalue weighted by atomic mass is 9.92. The third-order valence-corrected chi connectivity index (χ3v) is 4.76. The van der Waals surface area contributed by atoms with Gasteiger partial charge in [-0.2, -0.15) is 0 Å². The molecule has 1 amide bonds. The first-order valence-corrected chi connectivity index (χ1v) is 8.56. The van der Waals surface area contributed by atoms with Gasteiger partial charge in [-0.05, 0) is 31.0 Å². The van der Waals surface area contributed by atoms with Gasteiger partial charge >= 0.3 is 0 Å². The molecule has 0 aromatic carbocycles. The largest absolute Gasteiger partial charge is 0.337 e. The zero-order valence-electron chi connectivity index (χ0n) is 13.8. The second kappa shape index (κ2) is 6.40. The third kappa shape index (κ3) is 3.19. The van der Waals surface area contributed by atoms with Gasteiger partial charge in [0.2, 0.25) is 0 Å². The van der Waals surface area contributed by atoms with E-state index in [0.29, 0.717) is 35.4 Å². The molecule has 128 valence electrons. The van der Waals surface area contributed by atoms with E-state index in [1.165, 1.54) is 4.68 Å². The maximum atomic E-state index is 12.4. The van der Waals surface area contributed by atoms with Crippen LogP contribution in [-0.2, 0) is 7.05 Å². The highest BCUT2D eigenvalue weighted by Gasteiger charge is 2.26. The van der Waals surface area contributed by atoms with Gasteiger partial charge in [0, 0.05) is 43.3 Å². The van der Waals surface area contributed by atoms with Crippen LogP contribution in [0.1, 0.15) is 34.9 Å². The number of rotatable bonds is 2. The van der Waals surface area contributed by atoms with Crippen molar-refractivity contribution in [2.24, 2.45) is 7.05 Å².